The number of hydrogen-bond donors (Lipinski definition) is 3. The fraction of sp³-hybridized carbons (Fsp3) is 0.545. The van der Waals surface area contributed by atoms with Gasteiger partial charge in [0.1, 0.15) is 10.6 Å². The summed E-state index contributed by atoms with van der Waals surface area (Å²) < 4.78 is 26.4. The van der Waals surface area contributed by atoms with Crippen molar-refractivity contribution in [1.29, 1.82) is 0 Å². The third kappa shape index (κ3) is 3.98. The molecule has 0 aliphatic carbocycles. The summed E-state index contributed by atoms with van der Waals surface area (Å²) in [5.41, 5.74) is -0.140. The maximum atomic E-state index is 12.0. The Balaban J connectivity index is 1.88. The number of rotatable bonds is 6. The van der Waals surface area contributed by atoms with E-state index in [1.807, 2.05) is 11.8 Å². The van der Waals surface area contributed by atoms with Gasteiger partial charge in [-0.15, -0.1) is 0 Å². The predicted octanol–water partition coefficient (Wildman–Crippen LogP) is 0.0400. The van der Waals surface area contributed by atoms with Gasteiger partial charge in [0.25, 0.3) is 0 Å². The van der Waals surface area contributed by atoms with E-state index in [2.05, 4.69) is 14.6 Å². The lowest BCUT2D eigenvalue weighted by molar-refractivity contribution is 0.0691. The lowest BCUT2D eigenvalue weighted by Gasteiger charge is -2.25. The van der Waals surface area contributed by atoms with Crippen LogP contribution in [0.15, 0.2) is 17.2 Å². The summed E-state index contributed by atoms with van der Waals surface area (Å²) in [6, 6.07) is 1.11. The van der Waals surface area contributed by atoms with Crippen molar-refractivity contribution in [2.75, 3.05) is 37.7 Å². The first kappa shape index (κ1) is 15.4. The molecular formula is C11H17N3O4S2. The van der Waals surface area contributed by atoms with E-state index in [4.69, 9.17) is 5.11 Å². The van der Waals surface area contributed by atoms with Gasteiger partial charge in [0.05, 0.1) is 0 Å². The average Bonchev–Trinajstić information content (AvgIpc) is 2.90. The van der Waals surface area contributed by atoms with Crippen LogP contribution in [0.4, 0.5) is 0 Å². The lowest BCUT2D eigenvalue weighted by Crippen LogP contribution is -2.39. The van der Waals surface area contributed by atoms with Crippen molar-refractivity contribution in [3.8, 4) is 0 Å². The van der Waals surface area contributed by atoms with Crippen LogP contribution in [0.2, 0.25) is 0 Å². The highest BCUT2D eigenvalue weighted by Gasteiger charge is 2.18. The van der Waals surface area contributed by atoms with Crippen LogP contribution >= 0.6 is 11.8 Å². The minimum absolute atomic E-state index is 0.0518. The standard InChI is InChI=1S/C11H17N3O4S2/c15-11(16)10-7-9(8-12-10)20(17,18)13-1-2-14-3-5-19-6-4-14/h7-8,12-13H,1-6H2,(H,15,16). The minimum atomic E-state index is -3.65. The largest absolute Gasteiger partial charge is 0.477 e. The maximum Gasteiger partial charge on any atom is 0.352 e. The van der Waals surface area contributed by atoms with Gasteiger partial charge in [-0.1, -0.05) is 0 Å². The number of aromatic nitrogens is 1. The number of nitrogens with zero attached hydrogens (tertiary/aromatic N) is 1. The highest BCUT2D eigenvalue weighted by molar-refractivity contribution is 7.99. The van der Waals surface area contributed by atoms with Gasteiger partial charge in [0.2, 0.25) is 10.0 Å². The Bertz CT molecular complexity index is 564. The first-order valence-electron chi connectivity index (χ1n) is 6.20. The summed E-state index contributed by atoms with van der Waals surface area (Å²) in [5.74, 6) is 0.969. The molecule has 1 aromatic rings. The number of aromatic carboxylic acids is 1. The molecule has 0 amide bonds. The van der Waals surface area contributed by atoms with Crippen molar-refractivity contribution in [1.82, 2.24) is 14.6 Å². The smallest absolute Gasteiger partial charge is 0.352 e. The molecule has 1 aliphatic rings. The number of aromatic amines is 1. The molecular weight excluding hydrogens is 302 g/mol. The SMILES string of the molecule is O=C(O)c1cc(S(=O)(=O)NCCN2CCSCC2)c[nH]1. The number of nitrogens with one attached hydrogen (secondary N) is 2. The van der Waals surface area contributed by atoms with Gasteiger partial charge in [-0.25, -0.2) is 17.9 Å². The molecule has 2 rings (SSSR count). The molecule has 112 valence electrons. The van der Waals surface area contributed by atoms with Gasteiger partial charge < -0.3 is 15.0 Å². The molecule has 0 spiro atoms. The zero-order chi connectivity index (χ0) is 14.6. The monoisotopic (exact) mass is 319 g/mol. The quantitative estimate of drug-likeness (QED) is 0.684. The molecule has 0 radical (unpaired) electrons. The number of carbonyl (C=O) groups is 1. The van der Waals surface area contributed by atoms with Crippen LogP contribution in [0, 0.1) is 0 Å². The van der Waals surface area contributed by atoms with Crippen molar-refractivity contribution in [3.05, 3.63) is 18.0 Å². The number of thioether (sulfide) groups is 1. The summed E-state index contributed by atoms with van der Waals surface area (Å²) in [6.45, 7) is 2.93. The predicted molar refractivity (Wildman–Crippen MR) is 76.7 cm³/mol. The molecule has 0 saturated carbocycles. The Morgan fingerprint density at radius 3 is 2.75 bits per heavy atom. The van der Waals surface area contributed by atoms with Crippen molar-refractivity contribution < 1.29 is 18.3 Å². The minimum Gasteiger partial charge on any atom is -0.477 e. The van der Waals surface area contributed by atoms with Gasteiger partial charge in [0.15, 0.2) is 0 Å². The lowest BCUT2D eigenvalue weighted by atomic mass is 10.4. The highest BCUT2D eigenvalue weighted by Crippen LogP contribution is 2.11. The maximum absolute atomic E-state index is 12.0. The van der Waals surface area contributed by atoms with Crippen molar-refractivity contribution in [3.63, 3.8) is 0 Å². The summed E-state index contributed by atoms with van der Waals surface area (Å²) in [7, 11) is -3.65. The van der Waals surface area contributed by atoms with Crippen LogP contribution in [-0.2, 0) is 10.0 Å². The van der Waals surface area contributed by atoms with E-state index >= 15 is 0 Å². The Kier molecular flexibility index (Phi) is 5.08. The van der Waals surface area contributed by atoms with Crippen molar-refractivity contribution in [2.24, 2.45) is 0 Å². The summed E-state index contributed by atoms with van der Waals surface area (Å²) in [6.07, 6.45) is 1.18. The molecule has 0 bridgehead atoms. The van der Waals surface area contributed by atoms with Gasteiger partial charge in [-0.05, 0) is 6.07 Å². The van der Waals surface area contributed by atoms with Gasteiger partial charge >= 0.3 is 5.97 Å². The topological polar surface area (TPSA) is 102 Å². The van der Waals surface area contributed by atoms with Gasteiger partial charge in [-0.3, -0.25) is 0 Å². The molecule has 20 heavy (non-hydrogen) atoms. The second-order valence-electron chi connectivity index (χ2n) is 4.41. The van der Waals surface area contributed by atoms with E-state index < -0.39 is 16.0 Å². The van der Waals surface area contributed by atoms with Crippen molar-refractivity contribution in [2.45, 2.75) is 4.90 Å². The van der Waals surface area contributed by atoms with E-state index in [1.165, 1.54) is 6.20 Å². The van der Waals surface area contributed by atoms with Gasteiger partial charge in [-0.2, -0.15) is 11.8 Å². The highest BCUT2D eigenvalue weighted by atomic mass is 32.2. The van der Waals surface area contributed by atoms with Crippen LogP contribution in [0.5, 0.6) is 0 Å². The molecule has 1 aromatic heterocycles. The van der Waals surface area contributed by atoms with Crippen LogP contribution in [0.25, 0.3) is 0 Å². The zero-order valence-corrected chi connectivity index (χ0v) is 12.5. The number of H-pyrrole nitrogens is 1. The summed E-state index contributed by atoms with van der Waals surface area (Å²) in [4.78, 5) is 15.3. The second kappa shape index (κ2) is 6.61. The van der Waals surface area contributed by atoms with E-state index in [-0.39, 0.29) is 10.6 Å². The first-order chi connectivity index (χ1) is 9.49. The van der Waals surface area contributed by atoms with Crippen LogP contribution in [0.1, 0.15) is 10.5 Å². The van der Waals surface area contributed by atoms with E-state index in [1.54, 1.807) is 0 Å². The normalized spacial score (nSPS) is 17.2. The van der Waals surface area contributed by atoms with E-state index in [0.717, 1.165) is 30.7 Å². The molecule has 9 heteroatoms. The second-order valence-corrected chi connectivity index (χ2v) is 7.40. The summed E-state index contributed by atoms with van der Waals surface area (Å²) >= 11 is 1.90. The number of carboxylic acids is 1. The van der Waals surface area contributed by atoms with Gasteiger partial charge in [0, 0.05) is 43.9 Å². The van der Waals surface area contributed by atoms with Crippen LogP contribution in [-0.4, -0.2) is 67.1 Å². The van der Waals surface area contributed by atoms with E-state index in [0.29, 0.717) is 13.1 Å². The molecule has 1 fully saturated rings. The third-order valence-corrected chi connectivity index (χ3v) is 5.40. The van der Waals surface area contributed by atoms with Crippen LogP contribution < -0.4 is 4.72 Å². The number of hydrogen-bond acceptors (Lipinski definition) is 5. The Morgan fingerprint density at radius 1 is 1.45 bits per heavy atom. The molecule has 0 aromatic carbocycles. The first-order valence-corrected chi connectivity index (χ1v) is 8.84. The molecule has 3 N–H and O–H groups in total. The fourth-order valence-corrected chi connectivity index (χ4v) is 3.89. The number of sulfonamides is 1. The van der Waals surface area contributed by atoms with Crippen LogP contribution in [0.3, 0.4) is 0 Å². The molecule has 0 atom stereocenters. The average molecular weight is 319 g/mol. The molecule has 0 unspecified atom stereocenters. The summed E-state index contributed by atoms with van der Waals surface area (Å²) in [5, 5.41) is 8.76. The zero-order valence-electron chi connectivity index (χ0n) is 10.8. The molecule has 2 heterocycles. The van der Waals surface area contributed by atoms with Crippen molar-refractivity contribution >= 4 is 27.8 Å². The number of carboxylic acid groups (broad SMARTS) is 1. The molecule has 7 nitrogen and oxygen atoms in total. The Hall–Kier alpha value is -1.03. The van der Waals surface area contributed by atoms with E-state index in [9.17, 15) is 13.2 Å². The molecule has 1 saturated heterocycles. The Morgan fingerprint density at radius 2 is 2.15 bits per heavy atom. The fourth-order valence-electron chi connectivity index (χ4n) is 1.90. The third-order valence-electron chi connectivity index (χ3n) is 3.02. The molecule has 1 aliphatic heterocycles. The Labute approximate surface area is 121 Å².